The maximum atomic E-state index is 11.1. The maximum Gasteiger partial charge on any atom is 0.311 e. The second-order valence-electron chi connectivity index (χ2n) is 2.76. The number of aryl methyl sites for hydroxylation is 1. The molecular formula is C10H13NO3. The van der Waals surface area contributed by atoms with E-state index in [2.05, 4.69) is 4.98 Å². The molecule has 4 heteroatoms. The third-order valence-corrected chi connectivity index (χ3v) is 1.77. The van der Waals surface area contributed by atoms with E-state index in [9.17, 15) is 4.79 Å². The zero-order chi connectivity index (χ0) is 10.6. The second-order valence-corrected chi connectivity index (χ2v) is 2.76. The number of ether oxygens (including phenoxy) is 2. The minimum absolute atomic E-state index is 0.292. The lowest BCUT2D eigenvalue weighted by molar-refractivity contribution is -0.134. The molecule has 0 N–H and O–H groups in total. The Morgan fingerprint density at radius 2 is 2.29 bits per heavy atom. The van der Waals surface area contributed by atoms with Gasteiger partial charge in [-0.25, -0.2) is 0 Å². The van der Waals surface area contributed by atoms with Crippen LogP contribution >= 0.6 is 0 Å². The van der Waals surface area contributed by atoms with Crippen molar-refractivity contribution in [3.63, 3.8) is 0 Å². The third-order valence-electron chi connectivity index (χ3n) is 1.77. The largest absolute Gasteiger partial charge is 0.493 e. The first kappa shape index (κ1) is 10.5. The zero-order valence-corrected chi connectivity index (χ0v) is 8.53. The van der Waals surface area contributed by atoms with Crippen molar-refractivity contribution in [1.82, 2.24) is 4.98 Å². The van der Waals surface area contributed by atoms with E-state index in [0.717, 1.165) is 0 Å². The average Bonchev–Trinajstić information content (AvgIpc) is 2.20. The van der Waals surface area contributed by atoms with Gasteiger partial charge in [-0.3, -0.25) is 9.78 Å². The molecule has 0 aromatic carbocycles. The van der Waals surface area contributed by atoms with Crippen molar-refractivity contribution in [2.75, 3.05) is 7.11 Å². The summed E-state index contributed by atoms with van der Waals surface area (Å²) in [5.74, 6) is 0.639. The lowest BCUT2D eigenvalue weighted by Gasteiger charge is -2.09. The minimum Gasteiger partial charge on any atom is -0.493 e. The number of carbonyl (C=O) groups is 1. The number of esters is 1. The predicted octanol–water partition coefficient (Wildman–Crippen LogP) is 1.71. The van der Waals surface area contributed by atoms with Crippen LogP contribution in [0, 0.1) is 6.92 Å². The molecule has 1 heterocycles. The maximum absolute atomic E-state index is 11.1. The van der Waals surface area contributed by atoms with Gasteiger partial charge in [-0.1, -0.05) is 6.92 Å². The first-order valence-electron chi connectivity index (χ1n) is 4.39. The van der Waals surface area contributed by atoms with Crippen molar-refractivity contribution >= 4 is 5.97 Å². The Bertz CT molecular complexity index is 336. The highest BCUT2D eigenvalue weighted by Gasteiger charge is 2.11. The molecule has 1 aromatic rings. The first-order chi connectivity index (χ1) is 6.69. The van der Waals surface area contributed by atoms with Gasteiger partial charge in [-0.2, -0.15) is 0 Å². The van der Waals surface area contributed by atoms with Crippen molar-refractivity contribution in [1.29, 1.82) is 0 Å². The molecule has 0 atom stereocenters. The molecule has 0 saturated carbocycles. The van der Waals surface area contributed by atoms with Gasteiger partial charge in [-0.15, -0.1) is 0 Å². The highest BCUT2D eigenvalue weighted by molar-refractivity contribution is 5.73. The van der Waals surface area contributed by atoms with Crippen LogP contribution in [0.2, 0.25) is 0 Å². The van der Waals surface area contributed by atoms with Crippen LogP contribution in [0.4, 0.5) is 0 Å². The summed E-state index contributed by atoms with van der Waals surface area (Å²) in [4.78, 5) is 15.1. The molecule has 1 aromatic heterocycles. The van der Waals surface area contributed by atoms with Crippen molar-refractivity contribution in [3.05, 3.63) is 18.0 Å². The summed E-state index contributed by atoms with van der Waals surface area (Å²) >= 11 is 0. The summed E-state index contributed by atoms with van der Waals surface area (Å²) < 4.78 is 10.1. The lowest BCUT2D eigenvalue weighted by Crippen LogP contribution is -2.08. The molecule has 0 aliphatic heterocycles. The molecular weight excluding hydrogens is 182 g/mol. The molecule has 0 radical (unpaired) electrons. The number of rotatable bonds is 3. The van der Waals surface area contributed by atoms with Crippen LogP contribution in [0.5, 0.6) is 11.5 Å². The van der Waals surface area contributed by atoms with Gasteiger partial charge in [0, 0.05) is 18.7 Å². The number of aromatic nitrogens is 1. The lowest BCUT2D eigenvalue weighted by atomic mass is 10.3. The van der Waals surface area contributed by atoms with Gasteiger partial charge in [0.1, 0.15) is 0 Å². The minimum atomic E-state index is -0.292. The molecule has 0 amide bonds. The molecule has 0 unspecified atom stereocenters. The Morgan fingerprint density at radius 1 is 1.57 bits per heavy atom. The van der Waals surface area contributed by atoms with E-state index in [0.29, 0.717) is 23.6 Å². The number of methoxy groups -OCH3 is 1. The van der Waals surface area contributed by atoms with E-state index >= 15 is 0 Å². The van der Waals surface area contributed by atoms with Crippen LogP contribution in [0.1, 0.15) is 19.0 Å². The quantitative estimate of drug-likeness (QED) is 0.689. The van der Waals surface area contributed by atoms with Crippen LogP contribution in [0.15, 0.2) is 12.3 Å². The van der Waals surface area contributed by atoms with Gasteiger partial charge >= 0.3 is 5.97 Å². The fourth-order valence-electron chi connectivity index (χ4n) is 1.00. The molecule has 1 rings (SSSR count). The molecule has 14 heavy (non-hydrogen) atoms. The van der Waals surface area contributed by atoms with E-state index in [4.69, 9.17) is 9.47 Å². The Labute approximate surface area is 82.9 Å². The molecule has 0 bridgehead atoms. The van der Waals surface area contributed by atoms with E-state index in [1.54, 1.807) is 26.1 Å². The summed E-state index contributed by atoms with van der Waals surface area (Å²) in [5.41, 5.74) is 0.645. The average molecular weight is 195 g/mol. The molecule has 0 fully saturated rings. The fraction of sp³-hybridized carbons (Fsp3) is 0.400. The fourth-order valence-corrected chi connectivity index (χ4v) is 1.00. The summed E-state index contributed by atoms with van der Waals surface area (Å²) in [6, 6.07) is 1.66. The van der Waals surface area contributed by atoms with Crippen molar-refractivity contribution in [2.24, 2.45) is 0 Å². The number of carbonyl (C=O) groups excluding carboxylic acids is 1. The normalized spacial score (nSPS) is 9.64. The van der Waals surface area contributed by atoms with E-state index in [1.807, 2.05) is 0 Å². The first-order valence-corrected chi connectivity index (χ1v) is 4.39. The third kappa shape index (κ3) is 2.22. The Hall–Kier alpha value is -1.58. The number of hydrogen-bond donors (Lipinski definition) is 0. The highest BCUT2D eigenvalue weighted by Crippen LogP contribution is 2.28. The van der Waals surface area contributed by atoms with Gasteiger partial charge in [0.15, 0.2) is 11.5 Å². The van der Waals surface area contributed by atoms with E-state index in [1.165, 1.54) is 7.11 Å². The molecule has 76 valence electrons. The Kier molecular flexibility index (Phi) is 3.45. The van der Waals surface area contributed by atoms with Crippen LogP contribution in [-0.2, 0) is 4.79 Å². The second kappa shape index (κ2) is 4.60. The summed E-state index contributed by atoms with van der Waals surface area (Å²) in [6.07, 6.45) is 1.94. The Morgan fingerprint density at radius 3 is 2.86 bits per heavy atom. The zero-order valence-electron chi connectivity index (χ0n) is 8.53. The van der Waals surface area contributed by atoms with Crippen molar-refractivity contribution in [2.45, 2.75) is 20.3 Å². The topological polar surface area (TPSA) is 48.4 Å². The monoisotopic (exact) mass is 195 g/mol. The van der Waals surface area contributed by atoms with Gasteiger partial charge in [-0.05, 0) is 6.92 Å². The Balaban J connectivity index is 2.98. The van der Waals surface area contributed by atoms with Gasteiger partial charge in [0.25, 0.3) is 0 Å². The summed E-state index contributed by atoms with van der Waals surface area (Å²) in [6.45, 7) is 3.50. The summed E-state index contributed by atoms with van der Waals surface area (Å²) in [5, 5.41) is 0. The molecule has 4 nitrogen and oxygen atoms in total. The SMILES string of the molecule is CCC(=O)Oc1c(OC)ccnc1C. The van der Waals surface area contributed by atoms with Crippen molar-refractivity contribution in [3.8, 4) is 11.5 Å². The van der Waals surface area contributed by atoms with Gasteiger partial charge < -0.3 is 9.47 Å². The molecule has 0 aliphatic rings. The van der Waals surface area contributed by atoms with Gasteiger partial charge in [0.2, 0.25) is 0 Å². The standard InChI is InChI=1S/C10H13NO3/c1-4-9(12)14-10-7(2)11-6-5-8(10)13-3/h5-6H,4H2,1-3H3. The van der Waals surface area contributed by atoms with Crippen LogP contribution in [0.25, 0.3) is 0 Å². The van der Waals surface area contributed by atoms with Crippen molar-refractivity contribution < 1.29 is 14.3 Å². The van der Waals surface area contributed by atoms with Crippen LogP contribution < -0.4 is 9.47 Å². The molecule has 0 aliphatic carbocycles. The molecule has 0 saturated heterocycles. The predicted molar refractivity (Wildman–Crippen MR) is 51.5 cm³/mol. The molecule has 0 spiro atoms. The summed E-state index contributed by atoms with van der Waals surface area (Å²) in [7, 11) is 1.53. The van der Waals surface area contributed by atoms with Gasteiger partial charge in [0.05, 0.1) is 12.8 Å². The number of pyridine rings is 1. The highest BCUT2D eigenvalue weighted by atomic mass is 16.6. The van der Waals surface area contributed by atoms with E-state index < -0.39 is 0 Å². The number of nitrogens with zero attached hydrogens (tertiary/aromatic N) is 1. The number of hydrogen-bond acceptors (Lipinski definition) is 4. The van der Waals surface area contributed by atoms with Crippen LogP contribution in [0.3, 0.4) is 0 Å². The van der Waals surface area contributed by atoms with Crippen LogP contribution in [-0.4, -0.2) is 18.1 Å². The smallest absolute Gasteiger partial charge is 0.311 e. The van der Waals surface area contributed by atoms with E-state index in [-0.39, 0.29) is 5.97 Å².